The van der Waals surface area contributed by atoms with E-state index in [1.165, 1.54) is 44.9 Å². The van der Waals surface area contributed by atoms with E-state index in [1.807, 2.05) is 0 Å². The molecule has 2 aromatic heterocycles. The van der Waals surface area contributed by atoms with E-state index in [-0.39, 0.29) is 0 Å². The number of hydrogen-bond acceptors (Lipinski definition) is 14. The van der Waals surface area contributed by atoms with Gasteiger partial charge in [0.05, 0.1) is 0 Å². The Hall–Kier alpha value is -3.26. The minimum atomic E-state index is 0.553. The van der Waals surface area contributed by atoms with Crippen LogP contribution >= 0.6 is 0 Å². The predicted octanol–water partition coefficient (Wildman–Crippen LogP) is 2.44. The quantitative estimate of drug-likeness (QED) is 0.0901. The zero-order valence-corrected chi connectivity index (χ0v) is 24.3. The monoisotopic (exact) mass is 546 g/mol. The minimum absolute atomic E-state index is 0.553. The van der Waals surface area contributed by atoms with Crippen molar-refractivity contribution in [3.8, 4) is 0 Å². The molecule has 2 rings (SSSR count). The number of unbranched alkanes of at least 4 members (excludes halogenated alkanes) is 6. The van der Waals surface area contributed by atoms with Gasteiger partial charge in [0.25, 0.3) is 0 Å². The van der Waals surface area contributed by atoms with Gasteiger partial charge < -0.3 is 42.5 Å². The number of aromatic nitrogens is 6. The summed E-state index contributed by atoms with van der Waals surface area (Å²) in [5.74, 6) is 3.39. The van der Waals surface area contributed by atoms with Crippen LogP contribution in [0, 0.1) is 0 Å². The molecule has 0 aliphatic carbocycles. The lowest BCUT2D eigenvalue weighted by molar-refractivity contribution is 0.542. The molecule has 0 aliphatic rings. The zero-order chi connectivity index (χ0) is 28.0. The van der Waals surface area contributed by atoms with Crippen LogP contribution in [0.1, 0.15) is 57.8 Å². The second kappa shape index (κ2) is 20.7. The van der Waals surface area contributed by atoms with E-state index in [9.17, 15) is 0 Å². The lowest BCUT2D eigenvalue weighted by Gasteiger charge is -2.09. The van der Waals surface area contributed by atoms with Crippen LogP contribution in [0.15, 0.2) is 0 Å². The largest absolute Gasteiger partial charge is 0.357 e. The van der Waals surface area contributed by atoms with Gasteiger partial charge in [0.15, 0.2) is 0 Å². The summed E-state index contributed by atoms with van der Waals surface area (Å²) < 4.78 is 0. The van der Waals surface area contributed by atoms with Crippen molar-refractivity contribution in [1.82, 2.24) is 40.5 Å². The first-order chi connectivity index (χ1) is 19.2. The third kappa shape index (κ3) is 14.5. The molecule has 2 heterocycles. The Kier molecular flexibility index (Phi) is 16.9. The van der Waals surface area contributed by atoms with Crippen LogP contribution in [-0.2, 0) is 0 Å². The van der Waals surface area contributed by atoms with E-state index < -0.39 is 0 Å². The summed E-state index contributed by atoms with van der Waals surface area (Å²) in [6, 6.07) is 0. The Morgan fingerprint density at radius 1 is 0.333 bits per heavy atom. The Morgan fingerprint density at radius 3 is 0.949 bits per heavy atom. The van der Waals surface area contributed by atoms with Crippen LogP contribution in [0.3, 0.4) is 0 Å². The smallest absolute Gasteiger partial charge is 0.229 e. The molecule has 220 valence electrons. The van der Waals surface area contributed by atoms with Crippen LogP contribution in [0.5, 0.6) is 0 Å². The van der Waals surface area contributed by atoms with Crippen LogP contribution in [0.25, 0.3) is 0 Å². The van der Waals surface area contributed by atoms with Gasteiger partial charge in [0.2, 0.25) is 35.7 Å². The summed E-state index contributed by atoms with van der Waals surface area (Å²) in [6.07, 6.45) is 11.1. The highest BCUT2D eigenvalue weighted by atomic mass is 15.3. The summed E-state index contributed by atoms with van der Waals surface area (Å²) in [5.41, 5.74) is 0. The van der Waals surface area contributed by atoms with Gasteiger partial charge in [-0.1, -0.05) is 32.1 Å². The van der Waals surface area contributed by atoms with Gasteiger partial charge in [0, 0.05) is 41.3 Å². The van der Waals surface area contributed by atoms with Crippen molar-refractivity contribution >= 4 is 35.7 Å². The van der Waals surface area contributed by atoms with E-state index in [0.717, 1.165) is 52.1 Å². The topological polar surface area (TPSA) is 174 Å². The van der Waals surface area contributed by atoms with E-state index in [4.69, 9.17) is 0 Å². The van der Waals surface area contributed by atoms with Crippen molar-refractivity contribution in [2.45, 2.75) is 57.8 Å². The Balaban J connectivity index is 1.32. The number of nitrogens with one attached hydrogen (secondary N) is 8. The average molecular weight is 547 g/mol. The van der Waals surface area contributed by atoms with E-state index in [0.29, 0.717) is 35.7 Å². The molecule has 0 atom stereocenters. The van der Waals surface area contributed by atoms with Crippen LogP contribution in [0.2, 0.25) is 0 Å². The van der Waals surface area contributed by atoms with Crippen molar-refractivity contribution in [1.29, 1.82) is 0 Å². The lowest BCUT2D eigenvalue weighted by atomic mass is 10.1. The molecule has 0 fully saturated rings. The maximum Gasteiger partial charge on any atom is 0.229 e. The average Bonchev–Trinajstić information content (AvgIpc) is 2.97. The summed E-state index contributed by atoms with van der Waals surface area (Å²) >= 11 is 0. The standard InChI is InChI=1S/C25H50N14/c1-26-20-34-21(27-2)37-24(36-20)32-18-12-16-30-14-10-8-6-5-7-9-11-15-31-17-13-19-33-25-38-22(28-3)35-23(29-4)39-25/h30-31H,5-19H2,1-4H3,(H3,26,27,32,34,36,37)(H3,28,29,33,35,38,39). The Bertz CT molecular complexity index is 781. The molecule has 0 bridgehead atoms. The van der Waals surface area contributed by atoms with Gasteiger partial charge in [-0.15, -0.1) is 0 Å². The van der Waals surface area contributed by atoms with Crippen LogP contribution in [-0.4, -0.2) is 97.4 Å². The minimum Gasteiger partial charge on any atom is -0.357 e. The fourth-order valence-corrected chi connectivity index (χ4v) is 3.82. The van der Waals surface area contributed by atoms with Crippen molar-refractivity contribution in [3.05, 3.63) is 0 Å². The SMILES string of the molecule is CNc1nc(NC)nc(NCCCNCCCCCCCCCNCCCNc2nc(NC)nc(NC)n2)n1. The second-order valence-electron chi connectivity index (χ2n) is 9.15. The molecular formula is C25H50N14. The number of nitrogens with zero attached hydrogens (tertiary/aromatic N) is 6. The molecule has 0 saturated heterocycles. The first kappa shape index (κ1) is 32.0. The summed E-state index contributed by atoms with van der Waals surface area (Å²) in [5, 5.41) is 25.4. The molecule has 0 unspecified atom stereocenters. The third-order valence-corrected chi connectivity index (χ3v) is 6.00. The Labute approximate surface area is 233 Å². The third-order valence-electron chi connectivity index (χ3n) is 6.00. The van der Waals surface area contributed by atoms with Gasteiger partial charge in [0.1, 0.15) is 0 Å². The first-order valence-corrected chi connectivity index (χ1v) is 14.3. The highest BCUT2D eigenvalue weighted by molar-refractivity contribution is 5.42. The van der Waals surface area contributed by atoms with Crippen molar-refractivity contribution in [2.24, 2.45) is 0 Å². The lowest BCUT2D eigenvalue weighted by Crippen LogP contribution is -2.20. The normalized spacial score (nSPS) is 10.8. The predicted molar refractivity (Wildman–Crippen MR) is 162 cm³/mol. The maximum absolute atomic E-state index is 4.31. The molecule has 0 aliphatic heterocycles. The number of rotatable bonds is 24. The van der Waals surface area contributed by atoms with E-state index in [1.54, 1.807) is 28.2 Å². The van der Waals surface area contributed by atoms with Gasteiger partial charge >= 0.3 is 0 Å². The molecule has 0 amide bonds. The van der Waals surface area contributed by atoms with Gasteiger partial charge in [-0.3, -0.25) is 0 Å². The van der Waals surface area contributed by atoms with Crippen LogP contribution < -0.4 is 42.5 Å². The molecule has 14 heteroatoms. The Morgan fingerprint density at radius 2 is 0.615 bits per heavy atom. The van der Waals surface area contributed by atoms with E-state index >= 15 is 0 Å². The highest BCUT2D eigenvalue weighted by Crippen LogP contribution is 2.09. The maximum atomic E-state index is 4.31. The summed E-state index contributed by atoms with van der Waals surface area (Å²) in [4.78, 5) is 25.7. The molecule has 0 saturated carbocycles. The fraction of sp³-hybridized carbons (Fsp3) is 0.760. The molecule has 0 radical (unpaired) electrons. The van der Waals surface area contributed by atoms with Crippen LogP contribution in [0.4, 0.5) is 35.7 Å². The number of anilines is 6. The molecule has 0 aromatic carbocycles. The second-order valence-corrected chi connectivity index (χ2v) is 9.15. The van der Waals surface area contributed by atoms with Gasteiger partial charge in [-0.25, -0.2) is 0 Å². The summed E-state index contributed by atoms with van der Waals surface area (Å²) in [6.45, 7) is 5.80. The van der Waals surface area contributed by atoms with Gasteiger partial charge in [-0.2, -0.15) is 29.9 Å². The zero-order valence-electron chi connectivity index (χ0n) is 24.3. The van der Waals surface area contributed by atoms with Crippen molar-refractivity contribution in [3.63, 3.8) is 0 Å². The molecule has 8 N–H and O–H groups in total. The molecule has 0 spiro atoms. The highest BCUT2D eigenvalue weighted by Gasteiger charge is 2.04. The number of hydrogen-bond donors (Lipinski definition) is 8. The molecule has 14 nitrogen and oxygen atoms in total. The molecule has 39 heavy (non-hydrogen) atoms. The van der Waals surface area contributed by atoms with Gasteiger partial charge in [-0.05, 0) is 51.9 Å². The summed E-state index contributed by atoms with van der Waals surface area (Å²) in [7, 11) is 7.18. The van der Waals surface area contributed by atoms with E-state index in [2.05, 4.69) is 72.4 Å². The molecular weight excluding hydrogens is 496 g/mol. The van der Waals surface area contributed by atoms with Crippen molar-refractivity contribution < 1.29 is 0 Å². The first-order valence-electron chi connectivity index (χ1n) is 14.3. The molecule has 2 aromatic rings. The fourth-order valence-electron chi connectivity index (χ4n) is 3.82. The van der Waals surface area contributed by atoms with Crippen molar-refractivity contribution in [2.75, 3.05) is 99.4 Å².